The second-order valence-corrected chi connectivity index (χ2v) is 8.97. The molecule has 1 unspecified atom stereocenters. The van der Waals surface area contributed by atoms with E-state index in [-0.39, 0.29) is 6.10 Å². The molecule has 5 rings (SSSR count). The number of anilines is 1. The molecule has 0 aromatic heterocycles. The first-order valence-electron chi connectivity index (χ1n) is 11.9. The Kier molecular flexibility index (Phi) is 6.68. The van der Waals surface area contributed by atoms with Gasteiger partial charge in [-0.15, -0.1) is 0 Å². The molecular formula is C29H31NO4. The molecule has 1 N–H and O–H groups in total. The van der Waals surface area contributed by atoms with Gasteiger partial charge in [0.25, 0.3) is 0 Å². The molecule has 1 aliphatic carbocycles. The van der Waals surface area contributed by atoms with Crippen LogP contribution in [-0.2, 0) is 14.5 Å². The Morgan fingerprint density at radius 1 is 0.941 bits per heavy atom. The summed E-state index contributed by atoms with van der Waals surface area (Å²) in [5.74, 6) is 0.137. The van der Waals surface area contributed by atoms with Crippen LogP contribution >= 0.6 is 0 Å². The van der Waals surface area contributed by atoms with Crippen molar-refractivity contribution < 1.29 is 19.2 Å². The van der Waals surface area contributed by atoms with E-state index in [1.165, 1.54) is 11.1 Å². The molecule has 5 heteroatoms. The van der Waals surface area contributed by atoms with Crippen molar-refractivity contribution in [3.8, 4) is 16.9 Å². The molecule has 0 radical (unpaired) electrons. The van der Waals surface area contributed by atoms with Crippen molar-refractivity contribution in [3.05, 3.63) is 91.0 Å². The van der Waals surface area contributed by atoms with Crippen LogP contribution in [0.25, 0.3) is 16.7 Å². The van der Waals surface area contributed by atoms with Crippen LogP contribution in [0.3, 0.4) is 0 Å². The molecule has 1 heterocycles. The molecule has 176 valence electrons. The van der Waals surface area contributed by atoms with Crippen LogP contribution in [0.4, 0.5) is 5.69 Å². The third-order valence-corrected chi connectivity index (χ3v) is 6.78. The van der Waals surface area contributed by atoms with Crippen molar-refractivity contribution in [2.24, 2.45) is 0 Å². The zero-order valence-corrected chi connectivity index (χ0v) is 19.5. The zero-order chi connectivity index (χ0) is 23.4. The number of para-hydroxylation sites is 1. The van der Waals surface area contributed by atoms with Crippen LogP contribution in [0, 0.1) is 0 Å². The number of hydrogen-bond donors (Lipinski definition) is 1. The summed E-state index contributed by atoms with van der Waals surface area (Å²) in [6, 6.07) is 27.1. The second-order valence-electron chi connectivity index (χ2n) is 8.97. The molecule has 1 aliphatic heterocycles. The Labute approximate surface area is 201 Å². The molecule has 3 aromatic carbocycles. The molecule has 1 saturated heterocycles. The lowest BCUT2D eigenvalue weighted by molar-refractivity contribution is -0.483. The maximum atomic E-state index is 6.24. The van der Waals surface area contributed by atoms with Crippen molar-refractivity contribution in [2.45, 2.75) is 43.6 Å². The van der Waals surface area contributed by atoms with Gasteiger partial charge in [-0.3, -0.25) is 0 Å². The summed E-state index contributed by atoms with van der Waals surface area (Å²) >= 11 is 0. The standard InChI is InChI=1S/C29H31NO4/c1-21(22-12-14-25(31-2)15-13-22)28-20-32-29(34-33-28)18-16-24(17-19-29)30-27-11-7-6-10-26(27)23-8-4-3-5-9-23/h3-15,24,28,30H,1,16-20H2,2H3. The summed E-state index contributed by atoms with van der Waals surface area (Å²) in [6.45, 7) is 4.62. The van der Waals surface area contributed by atoms with Crippen LogP contribution in [0.15, 0.2) is 85.4 Å². The predicted molar refractivity (Wildman–Crippen MR) is 134 cm³/mol. The highest BCUT2D eigenvalue weighted by atomic mass is 17.2. The van der Waals surface area contributed by atoms with Gasteiger partial charge < -0.3 is 14.8 Å². The summed E-state index contributed by atoms with van der Waals surface area (Å²) in [4.78, 5) is 11.7. The monoisotopic (exact) mass is 457 g/mol. The fraction of sp³-hybridized carbons (Fsp3) is 0.310. The number of rotatable bonds is 6. The molecule has 1 spiro atoms. The number of ether oxygens (including phenoxy) is 2. The minimum absolute atomic E-state index is 0.326. The van der Waals surface area contributed by atoms with Gasteiger partial charge in [0.05, 0.1) is 13.7 Å². The van der Waals surface area contributed by atoms with E-state index in [0.29, 0.717) is 12.6 Å². The van der Waals surface area contributed by atoms with Gasteiger partial charge in [-0.25, -0.2) is 9.78 Å². The highest BCUT2D eigenvalue weighted by Gasteiger charge is 2.43. The number of hydrogen-bond acceptors (Lipinski definition) is 5. The zero-order valence-electron chi connectivity index (χ0n) is 19.5. The topological polar surface area (TPSA) is 49.0 Å². The second kappa shape index (κ2) is 10.0. The van der Waals surface area contributed by atoms with Gasteiger partial charge in [0, 0.05) is 30.1 Å². The largest absolute Gasteiger partial charge is 0.497 e. The van der Waals surface area contributed by atoms with Crippen LogP contribution in [-0.4, -0.2) is 31.6 Å². The lowest BCUT2D eigenvalue weighted by Crippen LogP contribution is -2.49. The van der Waals surface area contributed by atoms with E-state index in [4.69, 9.17) is 19.2 Å². The van der Waals surface area contributed by atoms with Gasteiger partial charge in [-0.05, 0) is 47.7 Å². The van der Waals surface area contributed by atoms with Crippen molar-refractivity contribution in [2.75, 3.05) is 19.0 Å². The molecule has 2 fully saturated rings. The van der Waals surface area contributed by atoms with E-state index < -0.39 is 5.79 Å². The average Bonchev–Trinajstić information content (AvgIpc) is 2.91. The Bertz CT molecular complexity index is 1090. The minimum atomic E-state index is -0.673. The van der Waals surface area contributed by atoms with Gasteiger partial charge in [0.1, 0.15) is 11.9 Å². The molecule has 1 saturated carbocycles. The third kappa shape index (κ3) is 4.87. The van der Waals surface area contributed by atoms with Crippen molar-refractivity contribution in [3.63, 3.8) is 0 Å². The molecule has 3 aromatic rings. The summed E-state index contributed by atoms with van der Waals surface area (Å²) in [5.41, 5.74) is 5.42. The molecule has 2 aliphatic rings. The maximum absolute atomic E-state index is 6.24. The maximum Gasteiger partial charge on any atom is 0.201 e. The minimum Gasteiger partial charge on any atom is -0.497 e. The Morgan fingerprint density at radius 2 is 1.65 bits per heavy atom. The SMILES string of the molecule is C=C(c1ccc(OC)cc1)C1COC2(CCC(Nc3ccccc3-c3ccccc3)CC2)OO1. The molecule has 0 bridgehead atoms. The number of nitrogens with one attached hydrogen (secondary N) is 1. The summed E-state index contributed by atoms with van der Waals surface area (Å²) in [5, 5.41) is 3.75. The van der Waals surface area contributed by atoms with Crippen LogP contribution in [0.1, 0.15) is 31.2 Å². The van der Waals surface area contributed by atoms with E-state index in [1.54, 1.807) is 7.11 Å². The molecular weight excluding hydrogens is 426 g/mol. The molecule has 0 amide bonds. The number of methoxy groups -OCH3 is 1. The van der Waals surface area contributed by atoms with Gasteiger partial charge in [-0.1, -0.05) is 67.2 Å². The first kappa shape index (κ1) is 22.7. The van der Waals surface area contributed by atoms with Crippen LogP contribution in [0.5, 0.6) is 5.75 Å². The smallest absolute Gasteiger partial charge is 0.201 e. The third-order valence-electron chi connectivity index (χ3n) is 6.78. The number of benzene rings is 3. The van der Waals surface area contributed by atoms with Crippen molar-refractivity contribution in [1.82, 2.24) is 0 Å². The summed E-state index contributed by atoms with van der Waals surface area (Å²) in [7, 11) is 1.65. The van der Waals surface area contributed by atoms with E-state index in [2.05, 4.69) is 60.4 Å². The molecule has 5 nitrogen and oxygen atoms in total. The van der Waals surface area contributed by atoms with E-state index in [1.807, 2.05) is 30.3 Å². The average molecular weight is 458 g/mol. The van der Waals surface area contributed by atoms with Gasteiger partial charge >= 0.3 is 0 Å². The van der Waals surface area contributed by atoms with E-state index in [9.17, 15) is 0 Å². The first-order chi connectivity index (χ1) is 16.7. The van der Waals surface area contributed by atoms with Gasteiger partial charge in [0.15, 0.2) is 0 Å². The van der Waals surface area contributed by atoms with Crippen LogP contribution < -0.4 is 10.1 Å². The van der Waals surface area contributed by atoms with Crippen LogP contribution in [0.2, 0.25) is 0 Å². The van der Waals surface area contributed by atoms with Crippen molar-refractivity contribution >= 4 is 11.3 Å². The quantitative estimate of drug-likeness (QED) is 0.430. The lowest BCUT2D eigenvalue weighted by atomic mass is 9.89. The highest BCUT2D eigenvalue weighted by molar-refractivity contribution is 5.78. The van der Waals surface area contributed by atoms with Gasteiger partial charge in [0.2, 0.25) is 5.79 Å². The molecule has 34 heavy (non-hydrogen) atoms. The summed E-state index contributed by atoms with van der Waals surface area (Å²) < 4.78 is 11.5. The lowest BCUT2D eigenvalue weighted by Gasteiger charge is -2.43. The first-order valence-corrected chi connectivity index (χ1v) is 11.9. The Hall–Kier alpha value is -3.12. The van der Waals surface area contributed by atoms with E-state index in [0.717, 1.165) is 48.3 Å². The highest BCUT2D eigenvalue weighted by Crippen LogP contribution is 2.39. The van der Waals surface area contributed by atoms with Gasteiger partial charge in [-0.2, -0.15) is 0 Å². The Morgan fingerprint density at radius 3 is 2.32 bits per heavy atom. The van der Waals surface area contributed by atoms with E-state index >= 15 is 0 Å². The fourth-order valence-corrected chi connectivity index (χ4v) is 4.70. The fourth-order valence-electron chi connectivity index (χ4n) is 4.70. The predicted octanol–water partition coefficient (Wildman–Crippen LogP) is 6.47. The Balaban J connectivity index is 1.16. The summed E-state index contributed by atoms with van der Waals surface area (Å²) in [6.07, 6.45) is 3.11. The van der Waals surface area contributed by atoms with Crippen molar-refractivity contribution in [1.29, 1.82) is 0 Å². The molecule has 1 atom stereocenters. The normalized spacial score (nSPS) is 24.5.